The Kier molecular flexibility index (Phi) is 7.57. The zero-order valence-electron chi connectivity index (χ0n) is 18.4. The summed E-state index contributed by atoms with van der Waals surface area (Å²) in [7, 11) is 0. The summed E-state index contributed by atoms with van der Waals surface area (Å²) in [6, 6.07) is 18.4. The van der Waals surface area contributed by atoms with Crippen molar-refractivity contribution >= 4 is 11.6 Å². The third kappa shape index (κ3) is 5.85. The molecular formula is C25H33N3O3. The van der Waals surface area contributed by atoms with E-state index in [2.05, 4.69) is 41.0 Å². The molecule has 2 heterocycles. The molecule has 0 bridgehead atoms. The molecule has 0 aliphatic carbocycles. The van der Waals surface area contributed by atoms with Gasteiger partial charge in [-0.2, -0.15) is 0 Å². The van der Waals surface area contributed by atoms with Crippen molar-refractivity contribution in [2.75, 3.05) is 64.1 Å². The van der Waals surface area contributed by atoms with Gasteiger partial charge in [0.1, 0.15) is 0 Å². The van der Waals surface area contributed by atoms with Gasteiger partial charge in [0.15, 0.2) is 0 Å². The maximum atomic E-state index is 13.6. The Labute approximate surface area is 185 Å². The second-order valence-corrected chi connectivity index (χ2v) is 8.33. The summed E-state index contributed by atoms with van der Waals surface area (Å²) in [5.74, 6) is 0.0816. The van der Waals surface area contributed by atoms with E-state index in [4.69, 9.17) is 9.47 Å². The van der Waals surface area contributed by atoms with Crippen molar-refractivity contribution < 1.29 is 14.3 Å². The van der Waals surface area contributed by atoms with Crippen LogP contribution in [0.5, 0.6) is 0 Å². The molecule has 2 aliphatic heterocycles. The Morgan fingerprint density at radius 1 is 0.903 bits per heavy atom. The minimum absolute atomic E-state index is 0.0816. The van der Waals surface area contributed by atoms with E-state index in [1.165, 1.54) is 0 Å². The second-order valence-electron chi connectivity index (χ2n) is 8.33. The number of morpholine rings is 2. The fourth-order valence-electron chi connectivity index (χ4n) is 4.27. The number of carbonyl (C=O) groups is 1. The molecule has 4 rings (SSSR count). The van der Waals surface area contributed by atoms with Crippen LogP contribution in [0.25, 0.3) is 0 Å². The van der Waals surface area contributed by atoms with Gasteiger partial charge in [-0.3, -0.25) is 9.69 Å². The molecule has 1 unspecified atom stereocenters. The van der Waals surface area contributed by atoms with Crippen LogP contribution >= 0.6 is 0 Å². The minimum Gasteiger partial charge on any atom is -0.379 e. The van der Waals surface area contributed by atoms with Crippen LogP contribution in [0.15, 0.2) is 54.6 Å². The number of anilines is 1. The van der Waals surface area contributed by atoms with Crippen molar-refractivity contribution in [3.8, 4) is 0 Å². The number of carbonyl (C=O) groups excluding carboxylic acids is 1. The van der Waals surface area contributed by atoms with Gasteiger partial charge in [0.2, 0.25) is 0 Å². The molecule has 1 atom stereocenters. The van der Waals surface area contributed by atoms with Crippen LogP contribution in [0, 0.1) is 0 Å². The molecule has 6 heteroatoms. The van der Waals surface area contributed by atoms with Crippen LogP contribution in [0.2, 0.25) is 0 Å². The maximum Gasteiger partial charge on any atom is 0.254 e. The summed E-state index contributed by atoms with van der Waals surface area (Å²) in [4.78, 5) is 20.3. The molecule has 2 aliphatic rings. The molecule has 2 fully saturated rings. The van der Waals surface area contributed by atoms with E-state index >= 15 is 0 Å². The Morgan fingerprint density at radius 3 is 2.16 bits per heavy atom. The van der Waals surface area contributed by atoms with E-state index in [-0.39, 0.29) is 11.9 Å². The molecule has 166 valence electrons. The molecule has 0 saturated carbocycles. The first kappa shape index (κ1) is 21.8. The van der Waals surface area contributed by atoms with Gasteiger partial charge >= 0.3 is 0 Å². The smallest absolute Gasteiger partial charge is 0.254 e. The van der Waals surface area contributed by atoms with Crippen molar-refractivity contribution in [3.63, 3.8) is 0 Å². The number of rotatable bonds is 7. The first-order chi connectivity index (χ1) is 15.2. The van der Waals surface area contributed by atoms with Gasteiger partial charge in [0, 0.05) is 56.6 Å². The highest BCUT2D eigenvalue weighted by Crippen LogP contribution is 2.20. The summed E-state index contributed by atoms with van der Waals surface area (Å²) in [5, 5.41) is 0. The molecule has 2 aromatic carbocycles. The summed E-state index contributed by atoms with van der Waals surface area (Å²) in [6.45, 7) is 10.3. The van der Waals surface area contributed by atoms with Gasteiger partial charge in [0.25, 0.3) is 5.91 Å². The maximum absolute atomic E-state index is 13.6. The third-order valence-electron chi connectivity index (χ3n) is 6.11. The molecule has 1 amide bonds. The SMILES string of the molecule is CC(CN1CCOCC1)N(Cc1ccccc1)C(=O)c1ccc(N2CCOCC2)cc1. The largest absolute Gasteiger partial charge is 0.379 e. The predicted molar refractivity (Wildman–Crippen MR) is 123 cm³/mol. The summed E-state index contributed by atoms with van der Waals surface area (Å²) in [6.07, 6.45) is 0. The van der Waals surface area contributed by atoms with Crippen LogP contribution in [0.4, 0.5) is 5.69 Å². The highest BCUT2D eigenvalue weighted by Gasteiger charge is 2.25. The molecule has 0 N–H and O–H groups in total. The normalized spacial score (nSPS) is 18.5. The minimum atomic E-state index is 0.0816. The number of ether oxygens (including phenoxy) is 2. The van der Waals surface area contributed by atoms with E-state index in [0.29, 0.717) is 6.54 Å². The lowest BCUT2D eigenvalue weighted by Gasteiger charge is -2.35. The van der Waals surface area contributed by atoms with Gasteiger partial charge in [-0.15, -0.1) is 0 Å². The number of amides is 1. The highest BCUT2D eigenvalue weighted by atomic mass is 16.5. The standard InChI is InChI=1S/C25H33N3O3/c1-21(19-26-11-15-30-16-12-26)28(20-22-5-3-2-4-6-22)25(29)23-7-9-24(10-8-23)27-13-17-31-18-14-27/h2-10,21H,11-20H2,1H3. The number of benzene rings is 2. The Bertz CT molecular complexity index is 816. The molecule has 0 spiro atoms. The van der Waals surface area contributed by atoms with Gasteiger partial charge in [-0.25, -0.2) is 0 Å². The molecule has 0 radical (unpaired) electrons. The molecule has 31 heavy (non-hydrogen) atoms. The number of hydrogen-bond donors (Lipinski definition) is 0. The molecule has 6 nitrogen and oxygen atoms in total. The zero-order valence-corrected chi connectivity index (χ0v) is 18.4. The topological polar surface area (TPSA) is 45.2 Å². The average molecular weight is 424 g/mol. The third-order valence-corrected chi connectivity index (χ3v) is 6.11. The molecular weight excluding hydrogens is 390 g/mol. The van der Waals surface area contributed by atoms with E-state index in [1.54, 1.807) is 0 Å². The van der Waals surface area contributed by atoms with Gasteiger partial charge in [0.05, 0.1) is 26.4 Å². The van der Waals surface area contributed by atoms with Crippen molar-refractivity contribution in [1.29, 1.82) is 0 Å². The average Bonchev–Trinajstić information content (AvgIpc) is 2.84. The number of nitrogens with zero attached hydrogens (tertiary/aromatic N) is 3. The zero-order chi connectivity index (χ0) is 21.5. The Balaban J connectivity index is 1.49. The van der Waals surface area contributed by atoms with Crippen LogP contribution in [-0.2, 0) is 16.0 Å². The van der Waals surface area contributed by atoms with Crippen LogP contribution in [-0.4, -0.2) is 80.9 Å². The summed E-state index contributed by atoms with van der Waals surface area (Å²) < 4.78 is 10.9. The van der Waals surface area contributed by atoms with Gasteiger partial charge < -0.3 is 19.3 Å². The fourth-order valence-corrected chi connectivity index (χ4v) is 4.27. The van der Waals surface area contributed by atoms with Crippen molar-refractivity contribution in [3.05, 3.63) is 65.7 Å². The Morgan fingerprint density at radius 2 is 1.52 bits per heavy atom. The molecule has 2 aromatic rings. The first-order valence-electron chi connectivity index (χ1n) is 11.3. The fraction of sp³-hybridized carbons (Fsp3) is 0.480. The quantitative estimate of drug-likeness (QED) is 0.685. The van der Waals surface area contributed by atoms with Gasteiger partial charge in [-0.1, -0.05) is 30.3 Å². The monoisotopic (exact) mass is 423 g/mol. The van der Waals surface area contributed by atoms with Crippen LogP contribution in [0.1, 0.15) is 22.8 Å². The van der Waals surface area contributed by atoms with Crippen molar-refractivity contribution in [2.24, 2.45) is 0 Å². The highest BCUT2D eigenvalue weighted by molar-refractivity contribution is 5.94. The predicted octanol–water partition coefficient (Wildman–Crippen LogP) is 2.89. The van der Waals surface area contributed by atoms with Crippen LogP contribution < -0.4 is 4.90 Å². The lowest BCUT2D eigenvalue weighted by Crippen LogP contribution is -2.48. The van der Waals surface area contributed by atoms with Crippen molar-refractivity contribution in [2.45, 2.75) is 19.5 Å². The Hall–Kier alpha value is -2.41. The lowest BCUT2D eigenvalue weighted by atomic mass is 10.1. The molecule has 0 aromatic heterocycles. The first-order valence-corrected chi connectivity index (χ1v) is 11.3. The van der Waals surface area contributed by atoms with Crippen LogP contribution in [0.3, 0.4) is 0 Å². The number of hydrogen-bond acceptors (Lipinski definition) is 5. The van der Waals surface area contributed by atoms with E-state index in [9.17, 15) is 4.79 Å². The van der Waals surface area contributed by atoms with Gasteiger partial charge in [-0.05, 0) is 36.8 Å². The lowest BCUT2D eigenvalue weighted by molar-refractivity contribution is 0.0228. The van der Waals surface area contributed by atoms with Crippen molar-refractivity contribution in [1.82, 2.24) is 9.80 Å². The molecule has 2 saturated heterocycles. The summed E-state index contributed by atoms with van der Waals surface area (Å²) in [5.41, 5.74) is 3.03. The second kappa shape index (κ2) is 10.8. The van der Waals surface area contributed by atoms with E-state index < -0.39 is 0 Å². The van der Waals surface area contributed by atoms with E-state index in [0.717, 1.165) is 76.0 Å². The van der Waals surface area contributed by atoms with E-state index in [1.807, 2.05) is 35.2 Å². The summed E-state index contributed by atoms with van der Waals surface area (Å²) >= 11 is 0.